The van der Waals surface area contributed by atoms with Crippen molar-refractivity contribution >= 4 is 44.1 Å². The van der Waals surface area contributed by atoms with Crippen molar-refractivity contribution in [3.8, 4) is 0 Å². The molecule has 3 aromatic rings. The maximum atomic E-state index is 12.6. The van der Waals surface area contributed by atoms with E-state index in [2.05, 4.69) is 26.5 Å². The lowest BCUT2D eigenvalue weighted by Crippen LogP contribution is -2.22. The first kappa shape index (κ1) is 14.8. The zero-order valence-electron chi connectivity index (χ0n) is 12.4. The van der Waals surface area contributed by atoms with E-state index >= 15 is 0 Å². The largest absolute Gasteiger partial charge is 0.287 e. The van der Waals surface area contributed by atoms with Crippen molar-refractivity contribution in [3.05, 3.63) is 81.8 Å². The maximum Gasteiger partial charge on any atom is 0.271 e. The SMILES string of the molecule is O=C(N/N=C1\C(=O)c2cccc3cccc1c23)c1ccc(Br)cc1. The van der Waals surface area contributed by atoms with Crippen LogP contribution in [0, 0.1) is 0 Å². The lowest BCUT2D eigenvalue weighted by Gasteiger charge is -2.02. The van der Waals surface area contributed by atoms with Crippen LogP contribution in [0.25, 0.3) is 10.8 Å². The molecule has 0 fully saturated rings. The van der Waals surface area contributed by atoms with Crippen molar-refractivity contribution < 1.29 is 9.59 Å². The molecule has 24 heavy (non-hydrogen) atoms. The highest BCUT2D eigenvalue weighted by Gasteiger charge is 2.28. The van der Waals surface area contributed by atoms with Gasteiger partial charge in [0.15, 0.2) is 0 Å². The molecule has 1 amide bonds. The highest BCUT2D eigenvalue weighted by Crippen LogP contribution is 2.30. The summed E-state index contributed by atoms with van der Waals surface area (Å²) in [5.74, 6) is -0.524. The van der Waals surface area contributed by atoms with E-state index in [9.17, 15) is 9.59 Å². The first-order valence-electron chi connectivity index (χ1n) is 7.35. The molecular formula is C19H11BrN2O2. The molecule has 4 nitrogen and oxygen atoms in total. The normalized spacial score (nSPS) is 14.4. The second-order valence-electron chi connectivity index (χ2n) is 5.45. The van der Waals surface area contributed by atoms with Crippen LogP contribution in [0.1, 0.15) is 26.3 Å². The number of Topliss-reactive ketones (excluding diaryl/α,β-unsaturated/α-hetero) is 1. The predicted molar refractivity (Wildman–Crippen MR) is 96.4 cm³/mol. The van der Waals surface area contributed by atoms with E-state index < -0.39 is 0 Å². The standard InChI is InChI=1S/C19H11BrN2O2/c20-13-9-7-12(8-10-13)19(24)22-21-17-14-5-1-3-11-4-2-6-15(16(11)14)18(17)23/h1-10H,(H,22,24)/b21-17-. The lowest BCUT2D eigenvalue weighted by atomic mass is 10.1. The van der Waals surface area contributed by atoms with E-state index in [1.807, 2.05) is 30.3 Å². The summed E-state index contributed by atoms with van der Waals surface area (Å²) in [4.78, 5) is 24.8. The summed E-state index contributed by atoms with van der Waals surface area (Å²) in [6, 6.07) is 18.2. The van der Waals surface area contributed by atoms with Crippen molar-refractivity contribution in [3.63, 3.8) is 0 Å². The zero-order valence-corrected chi connectivity index (χ0v) is 14.0. The van der Waals surface area contributed by atoms with E-state index in [1.165, 1.54) is 0 Å². The number of hydrogen-bond acceptors (Lipinski definition) is 3. The van der Waals surface area contributed by atoms with Crippen LogP contribution in [0.2, 0.25) is 0 Å². The minimum Gasteiger partial charge on any atom is -0.287 e. The Morgan fingerprint density at radius 3 is 2.29 bits per heavy atom. The van der Waals surface area contributed by atoms with E-state index in [-0.39, 0.29) is 17.4 Å². The number of carbonyl (C=O) groups excluding carboxylic acids is 2. The number of halogens is 1. The van der Waals surface area contributed by atoms with Gasteiger partial charge in [0.2, 0.25) is 5.78 Å². The molecule has 3 aromatic carbocycles. The molecule has 1 aliphatic carbocycles. The zero-order chi connectivity index (χ0) is 16.7. The fraction of sp³-hybridized carbons (Fsp3) is 0. The van der Waals surface area contributed by atoms with Gasteiger partial charge in [0.25, 0.3) is 5.91 Å². The first-order valence-corrected chi connectivity index (χ1v) is 8.15. The quantitative estimate of drug-likeness (QED) is 0.686. The van der Waals surface area contributed by atoms with Gasteiger partial charge in [0.05, 0.1) is 0 Å². The van der Waals surface area contributed by atoms with Crippen molar-refractivity contribution in [2.45, 2.75) is 0 Å². The third-order valence-electron chi connectivity index (χ3n) is 4.00. The van der Waals surface area contributed by atoms with Crippen LogP contribution in [-0.4, -0.2) is 17.4 Å². The van der Waals surface area contributed by atoms with Crippen LogP contribution in [-0.2, 0) is 0 Å². The number of ketones is 1. The van der Waals surface area contributed by atoms with Gasteiger partial charge in [-0.15, -0.1) is 0 Å². The Balaban J connectivity index is 1.69. The fourth-order valence-electron chi connectivity index (χ4n) is 2.86. The van der Waals surface area contributed by atoms with Crippen LogP contribution in [0.3, 0.4) is 0 Å². The Morgan fingerprint density at radius 1 is 0.917 bits per heavy atom. The van der Waals surface area contributed by atoms with E-state index in [0.717, 1.165) is 20.8 Å². The summed E-state index contributed by atoms with van der Waals surface area (Å²) in [6.45, 7) is 0. The summed E-state index contributed by atoms with van der Waals surface area (Å²) < 4.78 is 0.887. The lowest BCUT2D eigenvalue weighted by molar-refractivity contribution is 0.0955. The molecule has 0 spiro atoms. The number of amides is 1. The molecule has 0 aromatic heterocycles. The third-order valence-corrected chi connectivity index (χ3v) is 4.52. The molecular weight excluding hydrogens is 368 g/mol. The summed E-state index contributed by atoms with van der Waals surface area (Å²) >= 11 is 3.32. The minimum atomic E-state index is -0.356. The van der Waals surface area contributed by atoms with Crippen LogP contribution >= 0.6 is 15.9 Å². The number of hydrazone groups is 1. The van der Waals surface area contributed by atoms with Crippen LogP contribution < -0.4 is 5.43 Å². The molecule has 0 unspecified atom stereocenters. The average molecular weight is 379 g/mol. The molecule has 0 aliphatic heterocycles. The Bertz CT molecular complexity index is 1020. The fourth-order valence-corrected chi connectivity index (χ4v) is 3.13. The van der Waals surface area contributed by atoms with E-state index in [0.29, 0.717) is 11.1 Å². The summed E-state index contributed by atoms with van der Waals surface area (Å²) in [7, 11) is 0. The Kier molecular flexibility index (Phi) is 3.50. The van der Waals surface area contributed by atoms with E-state index in [4.69, 9.17) is 0 Å². The summed E-state index contributed by atoms with van der Waals surface area (Å²) in [5, 5.41) is 5.98. The smallest absolute Gasteiger partial charge is 0.271 e. The number of carbonyl (C=O) groups is 2. The molecule has 116 valence electrons. The van der Waals surface area contributed by atoms with Crippen molar-refractivity contribution in [1.82, 2.24) is 5.43 Å². The van der Waals surface area contributed by atoms with Gasteiger partial charge in [0, 0.05) is 26.5 Å². The highest BCUT2D eigenvalue weighted by atomic mass is 79.9. The Labute approximate surface area is 146 Å². The van der Waals surface area contributed by atoms with Gasteiger partial charge in [-0.05, 0) is 29.7 Å². The van der Waals surface area contributed by atoms with Gasteiger partial charge in [-0.3, -0.25) is 9.59 Å². The number of benzene rings is 3. The van der Waals surface area contributed by atoms with Gasteiger partial charge in [-0.25, -0.2) is 5.43 Å². The number of rotatable bonds is 2. The topological polar surface area (TPSA) is 58.5 Å². The molecule has 5 heteroatoms. The molecule has 0 radical (unpaired) electrons. The number of nitrogens with one attached hydrogen (secondary N) is 1. The molecule has 0 atom stereocenters. The molecule has 4 rings (SSSR count). The number of nitrogens with zero attached hydrogens (tertiary/aromatic N) is 1. The molecule has 0 bridgehead atoms. The van der Waals surface area contributed by atoms with Gasteiger partial charge in [-0.1, -0.05) is 52.3 Å². The van der Waals surface area contributed by atoms with Crippen LogP contribution in [0.4, 0.5) is 0 Å². The van der Waals surface area contributed by atoms with Crippen molar-refractivity contribution in [2.75, 3.05) is 0 Å². The van der Waals surface area contributed by atoms with Crippen molar-refractivity contribution in [2.24, 2.45) is 5.10 Å². The van der Waals surface area contributed by atoms with Gasteiger partial charge < -0.3 is 0 Å². The van der Waals surface area contributed by atoms with Crippen LogP contribution in [0.5, 0.6) is 0 Å². The Hall–Kier alpha value is -2.79. The molecule has 0 saturated carbocycles. The highest BCUT2D eigenvalue weighted by molar-refractivity contribution is 9.10. The molecule has 0 saturated heterocycles. The number of hydrogen-bond donors (Lipinski definition) is 1. The predicted octanol–water partition coefficient (Wildman–Crippen LogP) is 3.93. The van der Waals surface area contributed by atoms with Crippen LogP contribution in [0.15, 0.2) is 70.2 Å². The monoisotopic (exact) mass is 378 g/mol. The Morgan fingerprint density at radius 2 is 1.58 bits per heavy atom. The average Bonchev–Trinajstić information content (AvgIpc) is 2.88. The summed E-state index contributed by atoms with van der Waals surface area (Å²) in [5.41, 5.74) is 4.61. The van der Waals surface area contributed by atoms with Gasteiger partial charge in [-0.2, -0.15) is 5.10 Å². The summed E-state index contributed by atoms with van der Waals surface area (Å²) in [6.07, 6.45) is 0. The minimum absolute atomic E-state index is 0.169. The van der Waals surface area contributed by atoms with Crippen molar-refractivity contribution in [1.29, 1.82) is 0 Å². The first-order chi connectivity index (χ1) is 11.6. The second kappa shape index (κ2) is 5.69. The maximum absolute atomic E-state index is 12.6. The molecule has 1 N–H and O–H groups in total. The molecule has 1 aliphatic rings. The van der Waals surface area contributed by atoms with E-state index in [1.54, 1.807) is 30.3 Å². The molecule has 0 heterocycles. The third kappa shape index (κ3) is 2.34. The second-order valence-corrected chi connectivity index (χ2v) is 6.36. The van der Waals surface area contributed by atoms with Gasteiger partial charge in [0.1, 0.15) is 5.71 Å². The van der Waals surface area contributed by atoms with Gasteiger partial charge >= 0.3 is 0 Å².